The lowest BCUT2D eigenvalue weighted by atomic mass is 9.98. The first kappa shape index (κ1) is 19.4. The molecule has 29 heavy (non-hydrogen) atoms. The highest BCUT2D eigenvalue weighted by Gasteiger charge is 2.23. The van der Waals surface area contributed by atoms with Crippen molar-refractivity contribution in [3.05, 3.63) is 58.8 Å². The summed E-state index contributed by atoms with van der Waals surface area (Å²) in [7, 11) is 1.67. The number of aryl methyl sites for hydroxylation is 3. The first-order valence-corrected chi connectivity index (χ1v) is 10.1. The molecule has 0 spiro atoms. The van der Waals surface area contributed by atoms with Crippen molar-refractivity contribution in [3.8, 4) is 5.75 Å². The van der Waals surface area contributed by atoms with E-state index in [9.17, 15) is 4.79 Å². The molecule has 0 bridgehead atoms. The van der Waals surface area contributed by atoms with Crippen molar-refractivity contribution in [3.63, 3.8) is 0 Å². The van der Waals surface area contributed by atoms with Crippen molar-refractivity contribution in [1.29, 1.82) is 0 Å². The van der Waals surface area contributed by atoms with Crippen LogP contribution in [0, 0.1) is 20.8 Å². The monoisotopic (exact) mass is 392 g/mol. The van der Waals surface area contributed by atoms with E-state index in [1.165, 1.54) is 16.8 Å². The Morgan fingerprint density at radius 2 is 1.72 bits per heavy atom. The SMILES string of the molecule is COc1ccc(N2CCN(C(=O)Cc3coc4c(C)c(C)cc(C)c34)CC2)cc1. The van der Waals surface area contributed by atoms with E-state index in [1.54, 1.807) is 13.4 Å². The topological polar surface area (TPSA) is 45.9 Å². The van der Waals surface area contributed by atoms with E-state index in [4.69, 9.17) is 9.15 Å². The molecular weight excluding hydrogens is 364 g/mol. The number of piperazine rings is 1. The number of carbonyl (C=O) groups excluding carboxylic acids is 1. The van der Waals surface area contributed by atoms with Crippen molar-refractivity contribution in [2.45, 2.75) is 27.2 Å². The van der Waals surface area contributed by atoms with Gasteiger partial charge in [0.05, 0.1) is 19.8 Å². The van der Waals surface area contributed by atoms with Crippen LogP contribution in [0.5, 0.6) is 5.75 Å². The molecule has 3 aromatic rings. The second-order valence-corrected chi connectivity index (χ2v) is 7.84. The number of methoxy groups -OCH3 is 1. The molecule has 1 saturated heterocycles. The molecule has 0 aliphatic carbocycles. The van der Waals surface area contributed by atoms with Gasteiger partial charge >= 0.3 is 0 Å². The Balaban J connectivity index is 1.43. The van der Waals surface area contributed by atoms with Crippen molar-refractivity contribution in [1.82, 2.24) is 4.90 Å². The van der Waals surface area contributed by atoms with Gasteiger partial charge in [0.2, 0.25) is 5.91 Å². The number of fused-ring (bicyclic) bond motifs is 1. The van der Waals surface area contributed by atoms with Gasteiger partial charge in [-0.05, 0) is 61.7 Å². The highest BCUT2D eigenvalue weighted by molar-refractivity contribution is 5.92. The zero-order valence-electron chi connectivity index (χ0n) is 17.6. The summed E-state index contributed by atoms with van der Waals surface area (Å²) >= 11 is 0. The Kier molecular flexibility index (Phi) is 5.22. The van der Waals surface area contributed by atoms with Crippen LogP contribution in [0.3, 0.4) is 0 Å². The molecule has 1 amide bonds. The van der Waals surface area contributed by atoms with Gasteiger partial charge in [0, 0.05) is 42.8 Å². The van der Waals surface area contributed by atoms with E-state index in [1.807, 2.05) is 17.0 Å². The lowest BCUT2D eigenvalue weighted by Crippen LogP contribution is -2.49. The van der Waals surface area contributed by atoms with Crippen LogP contribution in [0.15, 0.2) is 41.0 Å². The van der Waals surface area contributed by atoms with E-state index in [0.29, 0.717) is 6.42 Å². The van der Waals surface area contributed by atoms with Gasteiger partial charge in [0.25, 0.3) is 0 Å². The number of hydrogen-bond acceptors (Lipinski definition) is 4. The molecule has 152 valence electrons. The highest BCUT2D eigenvalue weighted by atomic mass is 16.5. The second-order valence-electron chi connectivity index (χ2n) is 7.84. The molecule has 1 aliphatic heterocycles. The number of anilines is 1. The normalized spacial score (nSPS) is 14.5. The molecule has 1 aliphatic rings. The summed E-state index contributed by atoms with van der Waals surface area (Å²) in [6.45, 7) is 9.40. The number of furan rings is 1. The van der Waals surface area contributed by atoms with Crippen LogP contribution >= 0.6 is 0 Å². The maximum Gasteiger partial charge on any atom is 0.227 e. The van der Waals surface area contributed by atoms with Crippen LogP contribution in [0.25, 0.3) is 11.0 Å². The third-order valence-electron chi connectivity index (χ3n) is 6.04. The Morgan fingerprint density at radius 1 is 1.03 bits per heavy atom. The van der Waals surface area contributed by atoms with E-state index in [-0.39, 0.29) is 5.91 Å². The summed E-state index contributed by atoms with van der Waals surface area (Å²) in [5, 5.41) is 1.10. The summed E-state index contributed by atoms with van der Waals surface area (Å²) in [4.78, 5) is 17.2. The summed E-state index contributed by atoms with van der Waals surface area (Å²) in [5.41, 5.74) is 6.61. The van der Waals surface area contributed by atoms with Gasteiger partial charge in [-0.2, -0.15) is 0 Å². The zero-order chi connectivity index (χ0) is 20.5. The largest absolute Gasteiger partial charge is 0.497 e. The molecule has 0 unspecified atom stereocenters. The van der Waals surface area contributed by atoms with Gasteiger partial charge in [0.15, 0.2) is 0 Å². The fourth-order valence-corrected chi connectivity index (χ4v) is 4.20. The Labute approximate surface area is 171 Å². The summed E-state index contributed by atoms with van der Waals surface area (Å²) < 4.78 is 11.1. The minimum Gasteiger partial charge on any atom is -0.497 e. The maximum absolute atomic E-state index is 12.9. The van der Waals surface area contributed by atoms with Crippen LogP contribution < -0.4 is 9.64 Å². The van der Waals surface area contributed by atoms with Gasteiger partial charge in [-0.1, -0.05) is 6.07 Å². The number of rotatable bonds is 4. The quantitative estimate of drug-likeness (QED) is 0.666. The van der Waals surface area contributed by atoms with E-state index in [0.717, 1.165) is 54.0 Å². The standard InChI is InChI=1S/C24H28N2O3/c1-16-13-17(2)23-19(15-29-24(23)18(16)3)14-22(27)26-11-9-25(10-12-26)20-5-7-21(28-4)8-6-20/h5-8,13,15H,9-12,14H2,1-4H3. The van der Waals surface area contributed by atoms with Gasteiger partial charge < -0.3 is 19.0 Å². The lowest BCUT2D eigenvalue weighted by Gasteiger charge is -2.36. The first-order chi connectivity index (χ1) is 14.0. The summed E-state index contributed by atoms with van der Waals surface area (Å²) in [6, 6.07) is 10.3. The molecular formula is C24H28N2O3. The summed E-state index contributed by atoms with van der Waals surface area (Å²) in [5.74, 6) is 1.02. The second kappa shape index (κ2) is 7.82. The molecule has 1 aromatic heterocycles. The average molecular weight is 392 g/mol. The lowest BCUT2D eigenvalue weighted by molar-refractivity contribution is -0.130. The number of amides is 1. The number of hydrogen-bond donors (Lipinski definition) is 0. The minimum atomic E-state index is 0.166. The van der Waals surface area contributed by atoms with Gasteiger partial charge in [-0.3, -0.25) is 4.79 Å². The Morgan fingerprint density at radius 3 is 2.38 bits per heavy atom. The number of nitrogens with zero attached hydrogens (tertiary/aromatic N) is 2. The van der Waals surface area contributed by atoms with Gasteiger partial charge in [-0.15, -0.1) is 0 Å². The van der Waals surface area contributed by atoms with Gasteiger partial charge in [0.1, 0.15) is 11.3 Å². The van der Waals surface area contributed by atoms with Crippen LogP contribution in [0.2, 0.25) is 0 Å². The highest BCUT2D eigenvalue weighted by Crippen LogP contribution is 2.30. The van der Waals surface area contributed by atoms with Crippen LogP contribution in [-0.2, 0) is 11.2 Å². The van der Waals surface area contributed by atoms with Crippen molar-refractivity contribution in [2.24, 2.45) is 0 Å². The van der Waals surface area contributed by atoms with Gasteiger partial charge in [-0.25, -0.2) is 0 Å². The van der Waals surface area contributed by atoms with Crippen molar-refractivity contribution in [2.75, 3.05) is 38.2 Å². The molecule has 0 atom stereocenters. The third-order valence-corrected chi connectivity index (χ3v) is 6.04. The molecule has 5 nitrogen and oxygen atoms in total. The Bertz CT molecular complexity index is 1030. The molecule has 2 aromatic carbocycles. The van der Waals surface area contributed by atoms with E-state index < -0.39 is 0 Å². The maximum atomic E-state index is 12.9. The number of carbonyl (C=O) groups is 1. The fourth-order valence-electron chi connectivity index (χ4n) is 4.20. The predicted octanol–water partition coefficient (Wildman–Crippen LogP) is 4.26. The minimum absolute atomic E-state index is 0.166. The predicted molar refractivity (Wildman–Crippen MR) is 116 cm³/mol. The molecule has 2 heterocycles. The van der Waals surface area contributed by atoms with E-state index in [2.05, 4.69) is 43.9 Å². The average Bonchev–Trinajstić information content (AvgIpc) is 3.16. The summed E-state index contributed by atoms with van der Waals surface area (Å²) in [6.07, 6.45) is 2.15. The van der Waals surface area contributed by atoms with Crippen molar-refractivity contribution < 1.29 is 13.9 Å². The molecule has 5 heteroatoms. The fraction of sp³-hybridized carbons (Fsp3) is 0.375. The van der Waals surface area contributed by atoms with Crippen molar-refractivity contribution >= 4 is 22.6 Å². The van der Waals surface area contributed by atoms with Crippen LogP contribution in [0.4, 0.5) is 5.69 Å². The smallest absolute Gasteiger partial charge is 0.227 e. The zero-order valence-corrected chi connectivity index (χ0v) is 17.6. The van der Waals surface area contributed by atoms with Crippen LogP contribution in [-0.4, -0.2) is 44.1 Å². The molecule has 0 saturated carbocycles. The first-order valence-electron chi connectivity index (χ1n) is 10.1. The number of ether oxygens (including phenoxy) is 1. The van der Waals surface area contributed by atoms with E-state index >= 15 is 0 Å². The third kappa shape index (κ3) is 3.69. The van der Waals surface area contributed by atoms with Crippen LogP contribution in [0.1, 0.15) is 22.3 Å². The molecule has 0 radical (unpaired) electrons. The Hall–Kier alpha value is -2.95. The molecule has 0 N–H and O–H groups in total. The number of benzene rings is 2. The molecule has 1 fully saturated rings. The molecule has 4 rings (SSSR count).